The van der Waals surface area contributed by atoms with Crippen LogP contribution in [0.25, 0.3) is 11.0 Å². The molecule has 1 amide bonds. The van der Waals surface area contributed by atoms with Crippen LogP contribution in [0.2, 0.25) is 5.02 Å². The van der Waals surface area contributed by atoms with Gasteiger partial charge in [-0.15, -0.1) is 0 Å². The van der Waals surface area contributed by atoms with Crippen LogP contribution in [0.3, 0.4) is 0 Å². The second-order valence-corrected chi connectivity index (χ2v) is 9.24. The van der Waals surface area contributed by atoms with Crippen LogP contribution in [0.15, 0.2) is 48.5 Å². The van der Waals surface area contributed by atoms with Crippen molar-refractivity contribution in [2.24, 2.45) is 0 Å². The smallest absolute Gasteiger partial charge is 0.252 e. The Morgan fingerprint density at radius 2 is 1.58 bits per heavy atom. The fraction of sp³-hybridized carbons (Fsp3) is 0.500. The first-order valence-electron chi connectivity index (χ1n) is 12.7. The first-order chi connectivity index (χ1) is 16.2. The van der Waals surface area contributed by atoms with Crippen molar-refractivity contribution in [1.29, 1.82) is 0 Å². The van der Waals surface area contributed by atoms with E-state index in [1.54, 1.807) is 12.1 Å². The zero-order chi connectivity index (χ0) is 23.3. The number of hydrogen-bond acceptors (Lipinski definition) is 2. The van der Waals surface area contributed by atoms with Gasteiger partial charge in [0, 0.05) is 19.5 Å². The molecule has 0 aliphatic heterocycles. The van der Waals surface area contributed by atoms with Crippen molar-refractivity contribution in [2.45, 2.75) is 84.1 Å². The third-order valence-electron chi connectivity index (χ3n) is 6.20. The summed E-state index contributed by atoms with van der Waals surface area (Å²) in [5, 5.41) is 3.47. The maximum atomic E-state index is 12.3. The fourth-order valence-corrected chi connectivity index (χ4v) is 4.54. The summed E-state index contributed by atoms with van der Waals surface area (Å²) in [6.45, 7) is 3.98. The number of aryl methyl sites for hydroxylation is 2. The van der Waals surface area contributed by atoms with Crippen molar-refractivity contribution in [3.05, 3.63) is 64.9 Å². The van der Waals surface area contributed by atoms with E-state index in [2.05, 4.69) is 41.1 Å². The third-order valence-corrected chi connectivity index (χ3v) is 6.53. The maximum absolute atomic E-state index is 12.3. The number of fused-ring (bicyclic) bond motifs is 1. The normalized spacial score (nSPS) is 11.2. The van der Waals surface area contributed by atoms with Crippen LogP contribution in [0, 0.1) is 0 Å². The van der Waals surface area contributed by atoms with E-state index in [0.29, 0.717) is 17.1 Å². The third kappa shape index (κ3) is 7.89. The number of aromatic nitrogens is 2. The van der Waals surface area contributed by atoms with E-state index in [4.69, 9.17) is 16.6 Å². The minimum Gasteiger partial charge on any atom is -0.352 e. The Hall–Kier alpha value is -2.33. The number of rotatable bonds is 15. The molecule has 0 fully saturated rings. The molecule has 0 saturated heterocycles. The molecule has 5 heteroatoms. The summed E-state index contributed by atoms with van der Waals surface area (Å²) in [5.41, 5.74) is 2.89. The monoisotopic (exact) mass is 467 g/mol. The molecule has 0 radical (unpaired) electrons. The van der Waals surface area contributed by atoms with Crippen molar-refractivity contribution >= 4 is 28.5 Å². The fourth-order valence-electron chi connectivity index (χ4n) is 4.32. The molecule has 0 unspecified atom stereocenters. The molecular formula is C28H38ClN3O. The molecule has 4 nitrogen and oxygen atoms in total. The Balaban J connectivity index is 1.42. The number of nitrogens with zero attached hydrogens (tertiary/aromatic N) is 2. The predicted molar refractivity (Wildman–Crippen MR) is 139 cm³/mol. The van der Waals surface area contributed by atoms with Gasteiger partial charge < -0.3 is 9.88 Å². The molecule has 0 atom stereocenters. The molecule has 0 spiro atoms. The van der Waals surface area contributed by atoms with Gasteiger partial charge in [-0.05, 0) is 43.5 Å². The summed E-state index contributed by atoms with van der Waals surface area (Å²) in [4.78, 5) is 17.2. The van der Waals surface area contributed by atoms with Gasteiger partial charge in [-0.3, -0.25) is 4.79 Å². The number of imidazole rings is 1. The highest BCUT2D eigenvalue weighted by Crippen LogP contribution is 2.20. The SMILES string of the molecule is CCCCCCCCCn1c(CCCCCNC(=O)c2ccccc2Cl)nc2ccccc21. The van der Waals surface area contributed by atoms with Crippen LogP contribution in [0.1, 0.15) is 87.3 Å². The molecule has 178 valence electrons. The first kappa shape index (κ1) is 25.3. The van der Waals surface area contributed by atoms with Crippen LogP contribution >= 0.6 is 11.6 Å². The quantitative estimate of drug-likeness (QED) is 0.234. The molecule has 0 aliphatic rings. The van der Waals surface area contributed by atoms with Gasteiger partial charge in [0.25, 0.3) is 5.91 Å². The van der Waals surface area contributed by atoms with E-state index < -0.39 is 0 Å². The van der Waals surface area contributed by atoms with Gasteiger partial charge in [0.05, 0.1) is 21.6 Å². The van der Waals surface area contributed by atoms with Crippen molar-refractivity contribution in [3.8, 4) is 0 Å². The number of unbranched alkanes of at least 4 members (excludes halogenated alkanes) is 8. The van der Waals surface area contributed by atoms with Gasteiger partial charge in [0.15, 0.2) is 0 Å². The molecule has 3 rings (SSSR count). The van der Waals surface area contributed by atoms with Gasteiger partial charge in [0.1, 0.15) is 5.82 Å². The van der Waals surface area contributed by atoms with Gasteiger partial charge in [0.2, 0.25) is 0 Å². The Morgan fingerprint density at radius 1 is 0.879 bits per heavy atom. The number of para-hydroxylation sites is 2. The number of carbonyl (C=O) groups is 1. The van der Waals surface area contributed by atoms with Gasteiger partial charge in [-0.2, -0.15) is 0 Å². The summed E-state index contributed by atoms with van der Waals surface area (Å²) < 4.78 is 2.43. The summed E-state index contributed by atoms with van der Waals surface area (Å²) in [6.07, 6.45) is 13.3. The van der Waals surface area contributed by atoms with Crippen molar-refractivity contribution < 1.29 is 4.79 Å². The number of carbonyl (C=O) groups excluding carboxylic acids is 1. The maximum Gasteiger partial charge on any atom is 0.252 e. The zero-order valence-electron chi connectivity index (χ0n) is 20.0. The number of nitrogens with one attached hydrogen (secondary N) is 1. The van der Waals surface area contributed by atoms with Crippen LogP contribution in [-0.2, 0) is 13.0 Å². The van der Waals surface area contributed by atoms with E-state index >= 15 is 0 Å². The lowest BCUT2D eigenvalue weighted by atomic mass is 10.1. The van der Waals surface area contributed by atoms with E-state index in [0.717, 1.165) is 37.7 Å². The number of halogens is 1. The molecule has 0 bridgehead atoms. The Bertz CT molecular complexity index is 998. The Labute approximate surface area is 203 Å². The predicted octanol–water partition coefficient (Wildman–Crippen LogP) is 7.58. The summed E-state index contributed by atoms with van der Waals surface area (Å²) in [6, 6.07) is 15.7. The van der Waals surface area contributed by atoms with E-state index in [9.17, 15) is 4.79 Å². The van der Waals surface area contributed by atoms with Gasteiger partial charge >= 0.3 is 0 Å². The summed E-state index contributed by atoms with van der Waals surface area (Å²) in [5.74, 6) is 1.10. The van der Waals surface area contributed by atoms with Crippen molar-refractivity contribution in [3.63, 3.8) is 0 Å². The minimum absolute atomic E-state index is 0.0999. The minimum atomic E-state index is -0.0999. The average Bonchev–Trinajstić information content (AvgIpc) is 3.18. The number of benzene rings is 2. The van der Waals surface area contributed by atoms with Crippen LogP contribution < -0.4 is 5.32 Å². The van der Waals surface area contributed by atoms with Crippen molar-refractivity contribution in [2.75, 3.05) is 6.54 Å². The average molecular weight is 468 g/mol. The highest BCUT2D eigenvalue weighted by atomic mass is 35.5. The van der Waals surface area contributed by atoms with Crippen LogP contribution in [-0.4, -0.2) is 22.0 Å². The molecule has 1 aromatic heterocycles. The molecule has 0 aliphatic carbocycles. The van der Waals surface area contributed by atoms with Crippen LogP contribution in [0.4, 0.5) is 0 Å². The Morgan fingerprint density at radius 3 is 2.39 bits per heavy atom. The lowest BCUT2D eigenvalue weighted by Gasteiger charge is -2.10. The summed E-state index contributed by atoms with van der Waals surface area (Å²) >= 11 is 6.10. The number of hydrogen-bond donors (Lipinski definition) is 1. The standard InChI is InChI=1S/C28H38ClN3O/c1-2-3-4-5-6-7-15-22-32-26-19-13-12-18-25(26)31-27(32)20-9-8-14-21-30-28(33)23-16-10-11-17-24(23)29/h10-13,16-19H,2-9,14-15,20-22H2,1H3,(H,30,33). The lowest BCUT2D eigenvalue weighted by Crippen LogP contribution is -2.24. The van der Waals surface area contributed by atoms with Gasteiger partial charge in [-0.1, -0.05) is 87.7 Å². The van der Waals surface area contributed by atoms with Crippen LogP contribution in [0.5, 0.6) is 0 Å². The van der Waals surface area contributed by atoms with E-state index in [1.165, 1.54) is 56.3 Å². The van der Waals surface area contributed by atoms with Gasteiger partial charge in [-0.25, -0.2) is 4.98 Å². The molecule has 1 heterocycles. The molecule has 3 aromatic rings. The molecular weight excluding hydrogens is 430 g/mol. The molecule has 0 saturated carbocycles. The van der Waals surface area contributed by atoms with E-state index in [-0.39, 0.29) is 5.91 Å². The first-order valence-corrected chi connectivity index (χ1v) is 13.1. The Kier molecular flexibility index (Phi) is 10.8. The van der Waals surface area contributed by atoms with Crippen molar-refractivity contribution in [1.82, 2.24) is 14.9 Å². The molecule has 1 N–H and O–H groups in total. The highest BCUT2D eigenvalue weighted by Gasteiger charge is 2.11. The second-order valence-electron chi connectivity index (χ2n) is 8.84. The topological polar surface area (TPSA) is 46.9 Å². The second kappa shape index (κ2) is 14.0. The highest BCUT2D eigenvalue weighted by molar-refractivity contribution is 6.33. The molecule has 2 aromatic carbocycles. The van der Waals surface area contributed by atoms with E-state index in [1.807, 2.05) is 12.1 Å². The summed E-state index contributed by atoms with van der Waals surface area (Å²) in [7, 11) is 0. The molecule has 33 heavy (non-hydrogen) atoms. The lowest BCUT2D eigenvalue weighted by molar-refractivity contribution is 0.0953. The number of amides is 1. The zero-order valence-corrected chi connectivity index (χ0v) is 20.7. The largest absolute Gasteiger partial charge is 0.352 e.